The van der Waals surface area contributed by atoms with E-state index in [1.807, 2.05) is 0 Å². The van der Waals surface area contributed by atoms with E-state index in [1.165, 1.54) is 12.1 Å². The van der Waals surface area contributed by atoms with Gasteiger partial charge in [0.15, 0.2) is 5.76 Å². The van der Waals surface area contributed by atoms with Crippen LogP contribution in [0, 0.1) is 6.92 Å². The summed E-state index contributed by atoms with van der Waals surface area (Å²) in [4.78, 5) is 111. The first-order valence-corrected chi connectivity index (χ1v) is 14.7. The van der Waals surface area contributed by atoms with Crippen molar-refractivity contribution in [2.24, 2.45) is 0 Å². The summed E-state index contributed by atoms with van der Waals surface area (Å²) in [5.41, 5.74) is -1.60. The zero-order valence-corrected chi connectivity index (χ0v) is 28.6. The van der Waals surface area contributed by atoms with Crippen LogP contribution in [0.3, 0.4) is 0 Å². The molecule has 0 unspecified atom stereocenters. The minimum absolute atomic E-state index is 0.0936. The fourth-order valence-corrected chi connectivity index (χ4v) is 3.84. The largest absolute Gasteiger partial charge is 0.466 e. The number of fused-ring (bicyclic) bond motifs is 1. The van der Waals surface area contributed by atoms with Crippen LogP contribution in [0.1, 0.15) is 5.56 Å². The summed E-state index contributed by atoms with van der Waals surface area (Å²) in [5, 5.41) is -0.573. The third kappa shape index (κ3) is 11.5. The van der Waals surface area contributed by atoms with Crippen molar-refractivity contribution in [1.29, 1.82) is 0 Å². The van der Waals surface area contributed by atoms with Gasteiger partial charge in [0.1, 0.15) is 28.2 Å². The SMILES string of the molecule is [CH2]c1ccc(-c2oc3cc(OC(=O)/C=C/C(=O)OC)cc(OC(=O)/C=C/C(=O)OC)c3c(=O)c2OC(=O)/C=C/C(=O)OC)cc1OC(=O)/C=C/C(=O)OC. The van der Waals surface area contributed by atoms with Gasteiger partial charge in [0.2, 0.25) is 11.2 Å². The van der Waals surface area contributed by atoms with Gasteiger partial charge in [-0.3, -0.25) is 4.79 Å². The normalized spacial score (nSPS) is 11.1. The zero-order valence-electron chi connectivity index (χ0n) is 28.6. The highest BCUT2D eigenvalue weighted by molar-refractivity contribution is 5.98. The molecule has 0 saturated heterocycles. The molecule has 0 aliphatic carbocycles. The van der Waals surface area contributed by atoms with E-state index < -0.39 is 87.2 Å². The number of esters is 8. The van der Waals surface area contributed by atoms with E-state index in [4.69, 9.17) is 23.4 Å². The average molecular weight is 748 g/mol. The van der Waals surface area contributed by atoms with E-state index in [2.05, 4.69) is 25.9 Å². The van der Waals surface area contributed by atoms with E-state index in [0.29, 0.717) is 30.4 Å². The highest BCUT2D eigenvalue weighted by Gasteiger charge is 2.25. The van der Waals surface area contributed by atoms with Crippen molar-refractivity contribution in [2.75, 3.05) is 28.4 Å². The molecular weight excluding hydrogens is 720 g/mol. The van der Waals surface area contributed by atoms with Crippen molar-refractivity contribution >= 4 is 58.7 Å². The summed E-state index contributed by atoms with van der Waals surface area (Å²) in [6, 6.07) is 5.69. The summed E-state index contributed by atoms with van der Waals surface area (Å²) < 4.78 is 44.7. The third-order valence-electron chi connectivity index (χ3n) is 6.29. The molecule has 0 N–H and O–H groups in total. The quantitative estimate of drug-likeness (QED) is 0.105. The minimum Gasteiger partial charge on any atom is -0.466 e. The Morgan fingerprint density at radius 1 is 0.537 bits per heavy atom. The summed E-state index contributed by atoms with van der Waals surface area (Å²) in [6.07, 6.45) is 5.68. The van der Waals surface area contributed by atoms with Crippen LogP contribution in [-0.4, -0.2) is 76.2 Å². The number of hydrogen-bond donors (Lipinski definition) is 0. The average Bonchev–Trinajstić information content (AvgIpc) is 3.15. The Kier molecular flexibility index (Phi) is 14.4. The molecule has 0 aliphatic rings. The molecule has 0 fully saturated rings. The number of rotatable bonds is 13. The predicted molar refractivity (Wildman–Crippen MR) is 180 cm³/mol. The zero-order chi connectivity index (χ0) is 39.9. The van der Waals surface area contributed by atoms with Crippen LogP contribution < -0.4 is 24.4 Å². The molecule has 3 rings (SSSR count). The van der Waals surface area contributed by atoms with E-state index in [0.717, 1.165) is 64.9 Å². The van der Waals surface area contributed by atoms with Crippen LogP contribution in [-0.2, 0) is 57.3 Å². The molecule has 1 aromatic heterocycles. The second-order valence-corrected chi connectivity index (χ2v) is 9.82. The van der Waals surface area contributed by atoms with Crippen LogP contribution in [0.5, 0.6) is 23.0 Å². The maximum absolute atomic E-state index is 14.2. The smallest absolute Gasteiger partial charge is 0.336 e. The molecule has 0 atom stereocenters. The number of carbonyl (C=O) groups is 8. The van der Waals surface area contributed by atoms with Gasteiger partial charge in [0.05, 0.1) is 28.4 Å². The second-order valence-electron chi connectivity index (χ2n) is 9.82. The standard InChI is InChI=1S/C36H27O18/c1-19-6-7-20(16-22(19)51-30(42)13-9-26(38)47-3)35-36(54-32(44)15-11-28(40)49-5)34(45)33-23(52-31(43)14-10-27(39)48-4)17-21(18-24(33)53-35)50-29(41)12-8-25(37)46-2/h6-18H,1H2,2-5H3/b12-8+,13-9+,14-10+,15-11+. The Bertz CT molecular complexity index is 2200. The summed E-state index contributed by atoms with van der Waals surface area (Å²) in [5.74, 6) is -11.0. The van der Waals surface area contributed by atoms with Crippen molar-refractivity contribution in [2.45, 2.75) is 0 Å². The highest BCUT2D eigenvalue weighted by Crippen LogP contribution is 2.38. The van der Waals surface area contributed by atoms with Gasteiger partial charge in [-0.1, -0.05) is 12.1 Å². The Morgan fingerprint density at radius 3 is 1.44 bits per heavy atom. The topological polar surface area (TPSA) is 241 Å². The number of hydrogen-bond acceptors (Lipinski definition) is 18. The fourth-order valence-electron chi connectivity index (χ4n) is 3.84. The lowest BCUT2D eigenvalue weighted by molar-refractivity contribution is -0.136. The van der Waals surface area contributed by atoms with Crippen molar-refractivity contribution in [3.63, 3.8) is 0 Å². The molecule has 18 heteroatoms. The first-order valence-electron chi connectivity index (χ1n) is 14.7. The monoisotopic (exact) mass is 747 g/mol. The van der Waals surface area contributed by atoms with Crippen molar-refractivity contribution in [3.8, 4) is 34.3 Å². The molecule has 0 bridgehead atoms. The lowest BCUT2D eigenvalue weighted by Crippen LogP contribution is -2.16. The Balaban J connectivity index is 2.32. The second kappa shape index (κ2) is 19.1. The predicted octanol–water partition coefficient (Wildman–Crippen LogP) is 2.18. The third-order valence-corrected chi connectivity index (χ3v) is 6.29. The molecule has 0 saturated carbocycles. The minimum atomic E-state index is -1.29. The summed E-state index contributed by atoms with van der Waals surface area (Å²) >= 11 is 0. The Morgan fingerprint density at radius 2 is 0.963 bits per heavy atom. The van der Waals surface area contributed by atoms with Crippen LogP contribution in [0.15, 0.2) is 88.2 Å². The van der Waals surface area contributed by atoms with Gasteiger partial charge in [-0.2, -0.15) is 0 Å². The maximum Gasteiger partial charge on any atom is 0.336 e. The van der Waals surface area contributed by atoms with Crippen LogP contribution >= 0.6 is 0 Å². The Labute approximate surface area is 303 Å². The van der Waals surface area contributed by atoms with Gasteiger partial charge in [-0.05, 0) is 18.6 Å². The molecule has 1 radical (unpaired) electrons. The van der Waals surface area contributed by atoms with Gasteiger partial charge in [0.25, 0.3) is 0 Å². The molecule has 279 valence electrons. The van der Waals surface area contributed by atoms with Crippen LogP contribution in [0.2, 0.25) is 0 Å². The lowest BCUT2D eigenvalue weighted by atomic mass is 10.1. The van der Waals surface area contributed by atoms with E-state index in [1.54, 1.807) is 0 Å². The van der Waals surface area contributed by atoms with Crippen LogP contribution in [0.25, 0.3) is 22.3 Å². The number of carbonyl (C=O) groups excluding carboxylic acids is 8. The van der Waals surface area contributed by atoms with E-state index in [-0.39, 0.29) is 16.9 Å². The first-order chi connectivity index (χ1) is 25.7. The lowest BCUT2D eigenvalue weighted by Gasteiger charge is -2.14. The molecule has 0 amide bonds. The van der Waals surface area contributed by atoms with E-state index >= 15 is 0 Å². The van der Waals surface area contributed by atoms with Crippen molar-refractivity contribution in [3.05, 3.63) is 102 Å². The van der Waals surface area contributed by atoms with E-state index in [9.17, 15) is 43.2 Å². The van der Waals surface area contributed by atoms with Gasteiger partial charge in [0, 0.05) is 66.3 Å². The molecule has 2 aromatic carbocycles. The van der Waals surface area contributed by atoms with Gasteiger partial charge in [-0.15, -0.1) is 0 Å². The van der Waals surface area contributed by atoms with Crippen LogP contribution in [0.4, 0.5) is 0 Å². The number of methoxy groups -OCH3 is 4. The van der Waals surface area contributed by atoms with Gasteiger partial charge < -0.3 is 42.3 Å². The first kappa shape index (κ1) is 40.8. The highest BCUT2D eigenvalue weighted by atomic mass is 16.6. The Hall–Kier alpha value is -7.63. The maximum atomic E-state index is 14.2. The number of benzene rings is 2. The molecule has 3 aromatic rings. The van der Waals surface area contributed by atoms with Gasteiger partial charge >= 0.3 is 47.8 Å². The molecule has 1 heterocycles. The molecule has 0 aliphatic heterocycles. The van der Waals surface area contributed by atoms with Crippen molar-refractivity contribution in [1.82, 2.24) is 0 Å². The summed E-state index contributed by atoms with van der Waals surface area (Å²) in [6.45, 7) is 3.76. The van der Waals surface area contributed by atoms with Gasteiger partial charge in [-0.25, -0.2) is 38.4 Å². The fraction of sp³-hybridized carbons (Fsp3) is 0.111. The molecule has 0 spiro atoms. The summed E-state index contributed by atoms with van der Waals surface area (Å²) in [7, 11) is 4.24. The van der Waals surface area contributed by atoms with Crippen molar-refractivity contribution < 1.29 is 80.7 Å². The molecule has 18 nitrogen and oxygen atoms in total. The molecule has 54 heavy (non-hydrogen) atoms. The molecular formula is C36H27O18. The number of ether oxygens (including phenoxy) is 8.